The minimum absolute atomic E-state index is 0.691. The summed E-state index contributed by atoms with van der Waals surface area (Å²) in [5, 5.41) is 0. The molecule has 6 heteroatoms. The molecule has 0 atom stereocenters. The zero-order chi connectivity index (χ0) is 11.8. The van der Waals surface area contributed by atoms with Crippen molar-refractivity contribution in [1.82, 2.24) is 0 Å². The van der Waals surface area contributed by atoms with Crippen LogP contribution in [0.25, 0.3) is 0 Å². The van der Waals surface area contributed by atoms with Crippen LogP contribution in [-0.2, 0) is 10.4 Å². The van der Waals surface area contributed by atoms with Gasteiger partial charge in [0.1, 0.15) is 0 Å². The molecule has 0 amide bonds. The Bertz CT molecular complexity index is 196. The second-order valence-electron chi connectivity index (χ2n) is 3.36. The van der Waals surface area contributed by atoms with Crippen molar-refractivity contribution >= 4 is 17.7 Å². The van der Waals surface area contributed by atoms with Crippen molar-refractivity contribution in [1.29, 1.82) is 0 Å². The molecular formula is C8H23O4PS. The first kappa shape index (κ1) is 16.7. The van der Waals surface area contributed by atoms with Gasteiger partial charge in [0.05, 0.1) is 0 Å². The number of hydrogen-bond acceptors (Lipinski definition) is 2. The Kier molecular flexibility index (Phi) is 9.04. The first-order valence-electron chi connectivity index (χ1n) is 4.94. The van der Waals surface area contributed by atoms with Crippen LogP contribution in [0.5, 0.6) is 0 Å². The van der Waals surface area contributed by atoms with E-state index >= 15 is 0 Å². The molecule has 0 radical (unpaired) electrons. The average molecular weight is 246 g/mol. The summed E-state index contributed by atoms with van der Waals surface area (Å²) in [5.41, 5.74) is 0. The van der Waals surface area contributed by atoms with Crippen LogP contribution in [0, 0.1) is 0 Å². The summed E-state index contributed by atoms with van der Waals surface area (Å²) in [5.74, 6) is 0. The maximum Gasteiger partial charge on any atom is 0.394 e. The first-order chi connectivity index (χ1) is 6.24. The molecule has 0 aromatic heterocycles. The fourth-order valence-corrected chi connectivity index (χ4v) is 4.50. The minimum Gasteiger partial charge on any atom is -0.264 e. The van der Waals surface area contributed by atoms with E-state index in [-0.39, 0.29) is 0 Å². The second kappa shape index (κ2) is 7.57. The van der Waals surface area contributed by atoms with Gasteiger partial charge in [0.15, 0.2) is 0 Å². The Morgan fingerprint density at radius 1 is 0.857 bits per heavy atom. The summed E-state index contributed by atoms with van der Waals surface area (Å²) in [6.07, 6.45) is 5.93. The zero-order valence-corrected chi connectivity index (χ0v) is 11.3. The summed E-state index contributed by atoms with van der Waals surface area (Å²) < 4.78 is 31.6. The molecule has 0 saturated heterocycles. The van der Waals surface area contributed by atoms with Crippen molar-refractivity contribution in [2.75, 3.05) is 24.6 Å². The summed E-state index contributed by atoms with van der Waals surface area (Å²) >= 11 is 0. The summed E-state index contributed by atoms with van der Waals surface area (Å²) in [7, 11) is -5.36. The first-order valence-corrected chi connectivity index (χ1v) is 9.17. The van der Waals surface area contributed by atoms with Gasteiger partial charge in [0, 0.05) is 0 Å². The second-order valence-corrected chi connectivity index (χ2v) is 10.1. The van der Waals surface area contributed by atoms with Crippen LogP contribution < -0.4 is 0 Å². The van der Waals surface area contributed by atoms with Gasteiger partial charge >= 0.3 is 70.0 Å². The minimum atomic E-state index is -4.67. The maximum absolute atomic E-state index is 8.74. The van der Waals surface area contributed by atoms with E-state index in [4.69, 9.17) is 17.5 Å². The number of rotatable bonds is 4. The fourth-order valence-electron chi connectivity index (χ4n) is 1.50. The standard InChI is InChI=1S/C8H21P.H2O4S/c1-5-9(6-2,7-3)8-4;1-5(2,3)4/h9H,5-8H2,1-4H3;(H2,1,2,3,4). The summed E-state index contributed by atoms with van der Waals surface area (Å²) in [4.78, 5) is 0. The largest absolute Gasteiger partial charge is 0.394 e. The predicted octanol–water partition coefficient (Wildman–Crippen LogP) is 2.16. The molecule has 2 N–H and O–H groups in total. The molecule has 4 nitrogen and oxygen atoms in total. The molecule has 0 spiro atoms. The third-order valence-corrected chi connectivity index (χ3v) is 9.00. The Balaban J connectivity index is 0. The molecule has 0 aromatic rings. The van der Waals surface area contributed by atoms with Gasteiger partial charge in [-0.05, 0) is 0 Å². The van der Waals surface area contributed by atoms with Gasteiger partial charge in [0.2, 0.25) is 0 Å². The van der Waals surface area contributed by atoms with Gasteiger partial charge in [-0.3, -0.25) is 9.11 Å². The molecule has 0 fully saturated rings. The molecule has 0 aliphatic rings. The normalized spacial score (nSPS) is 13.0. The van der Waals surface area contributed by atoms with Crippen LogP contribution >= 0.6 is 7.26 Å². The van der Waals surface area contributed by atoms with Crippen LogP contribution in [-0.4, -0.2) is 42.2 Å². The molecule has 0 aliphatic carbocycles. The van der Waals surface area contributed by atoms with E-state index in [9.17, 15) is 0 Å². The molecular weight excluding hydrogens is 223 g/mol. The molecule has 0 heterocycles. The van der Waals surface area contributed by atoms with Gasteiger partial charge in [-0.1, -0.05) is 0 Å². The van der Waals surface area contributed by atoms with Crippen molar-refractivity contribution < 1.29 is 17.5 Å². The van der Waals surface area contributed by atoms with E-state index < -0.39 is 17.7 Å². The van der Waals surface area contributed by atoms with E-state index in [1.165, 1.54) is 24.6 Å². The Morgan fingerprint density at radius 2 is 1.00 bits per heavy atom. The monoisotopic (exact) mass is 246 g/mol. The molecule has 0 aliphatic heterocycles. The topological polar surface area (TPSA) is 74.6 Å². The number of hydrogen-bond donors (Lipinski definition) is 2. The van der Waals surface area contributed by atoms with Crippen molar-refractivity contribution in [3.05, 3.63) is 0 Å². The Morgan fingerprint density at radius 3 is 1.00 bits per heavy atom. The molecule has 0 aromatic carbocycles. The van der Waals surface area contributed by atoms with Crippen molar-refractivity contribution in [2.45, 2.75) is 27.7 Å². The maximum atomic E-state index is 8.74. The molecule has 90 valence electrons. The zero-order valence-electron chi connectivity index (χ0n) is 9.45. The van der Waals surface area contributed by atoms with Crippen LogP contribution in [0.3, 0.4) is 0 Å². The predicted molar refractivity (Wildman–Crippen MR) is 64.7 cm³/mol. The van der Waals surface area contributed by atoms with Gasteiger partial charge in [0.25, 0.3) is 0 Å². The van der Waals surface area contributed by atoms with Crippen LogP contribution in [0.15, 0.2) is 0 Å². The Labute approximate surface area is 88.0 Å². The van der Waals surface area contributed by atoms with Gasteiger partial charge in [-0.2, -0.15) is 8.42 Å². The molecule has 0 rings (SSSR count). The molecule has 0 bridgehead atoms. The van der Waals surface area contributed by atoms with Crippen LogP contribution in [0.2, 0.25) is 0 Å². The van der Waals surface area contributed by atoms with Gasteiger partial charge in [-0.15, -0.1) is 0 Å². The van der Waals surface area contributed by atoms with E-state index in [0.717, 1.165) is 0 Å². The van der Waals surface area contributed by atoms with Crippen molar-refractivity contribution in [3.8, 4) is 0 Å². The molecule has 0 unspecified atom stereocenters. The SMILES string of the molecule is CC[PH](CC)(CC)CC.O=S(=O)(O)O. The Hall–Kier alpha value is 0.300. The van der Waals surface area contributed by atoms with Gasteiger partial charge in [-0.25, -0.2) is 0 Å². The molecule has 0 saturated carbocycles. The molecule has 14 heavy (non-hydrogen) atoms. The third-order valence-electron chi connectivity index (χ3n) is 3.00. The fraction of sp³-hybridized carbons (Fsp3) is 1.00. The summed E-state index contributed by atoms with van der Waals surface area (Å²) in [6.45, 7) is 9.46. The van der Waals surface area contributed by atoms with E-state index in [1.54, 1.807) is 0 Å². The third kappa shape index (κ3) is 10.4. The van der Waals surface area contributed by atoms with Crippen LogP contribution in [0.1, 0.15) is 27.7 Å². The van der Waals surface area contributed by atoms with Crippen molar-refractivity contribution in [2.24, 2.45) is 0 Å². The van der Waals surface area contributed by atoms with E-state index in [0.29, 0.717) is 0 Å². The van der Waals surface area contributed by atoms with E-state index in [1.807, 2.05) is 0 Å². The average Bonchev–Trinajstić information content (AvgIpc) is 2.07. The quantitative estimate of drug-likeness (QED) is 0.589. The van der Waals surface area contributed by atoms with Crippen molar-refractivity contribution in [3.63, 3.8) is 0 Å². The van der Waals surface area contributed by atoms with E-state index in [2.05, 4.69) is 27.7 Å². The smallest absolute Gasteiger partial charge is 0.264 e. The summed E-state index contributed by atoms with van der Waals surface area (Å²) in [6, 6.07) is 0. The van der Waals surface area contributed by atoms with Crippen LogP contribution in [0.4, 0.5) is 0 Å². The van der Waals surface area contributed by atoms with Gasteiger partial charge < -0.3 is 0 Å².